The largest absolute Gasteiger partial charge is 0.377 e. The summed E-state index contributed by atoms with van der Waals surface area (Å²) in [4.78, 5) is 0. The lowest BCUT2D eigenvalue weighted by atomic mass is 10.1. The predicted molar refractivity (Wildman–Crippen MR) is 53.5 cm³/mol. The summed E-state index contributed by atoms with van der Waals surface area (Å²) in [6, 6.07) is 0.528. The summed E-state index contributed by atoms with van der Waals surface area (Å²) in [5.74, 6) is 0. The van der Waals surface area contributed by atoms with E-state index in [1.165, 1.54) is 0 Å². The van der Waals surface area contributed by atoms with Crippen LogP contribution >= 0.6 is 0 Å². The average Bonchev–Trinajstić information content (AvgIpc) is 2.11. The zero-order valence-electron chi connectivity index (χ0n) is 8.89. The molecule has 0 aliphatic rings. The van der Waals surface area contributed by atoms with Gasteiger partial charge >= 0.3 is 0 Å². The number of hydrogen-bond acceptors (Lipinski definition) is 2. The summed E-state index contributed by atoms with van der Waals surface area (Å²) in [7, 11) is 0. The lowest BCUT2D eigenvalue weighted by Gasteiger charge is -2.25. The molecule has 0 aromatic heterocycles. The van der Waals surface area contributed by atoms with E-state index in [2.05, 4.69) is 33.0 Å². The molecule has 0 bridgehead atoms. The van der Waals surface area contributed by atoms with Gasteiger partial charge in [-0.05, 0) is 26.3 Å². The summed E-state index contributed by atoms with van der Waals surface area (Å²) < 4.78 is 5.63. The molecule has 2 heteroatoms. The van der Waals surface area contributed by atoms with Gasteiger partial charge in [-0.1, -0.05) is 20.8 Å². The van der Waals surface area contributed by atoms with Crippen molar-refractivity contribution in [2.45, 2.75) is 52.7 Å². The van der Waals surface area contributed by atoms with Crippen LogP contribution in [0.5, 0.6) is 0 Å². The molecule has 0 saturated carbocycles. The fourth-order valence-corrected chi connectivity index (χ4v) is 1.53. The van der Waals surface area contributed by atoms with Crippen molar-refractivity contribution in [3.63, 3.8) is 0 Å². The second-order valence-electron chi connectivity index (χ2n) is 2.97. The predicted octanol–water partition coefficient (Wildman–Crippen LogP) is 2.19. The third-order valence-corrected chi connectivity index (χ3v) is 2.14. The van der Waals surface area contributed by atoms with Gasteiger partial charge in [-0.2, -0.15) is 0 Å². The van der Waals surface area contributed by atoms with Gasteiger partial charge in [0, 0.05) is 12.6 Å². The van der Waals surface area contributed by atoms with Crippen LogP contribution in [-0.2, 0) is 4.74 Å². The number of hydrogen-bond donors (Lipinski definition) is 1. The summed E-state index contributed by atoms with van der Waals surface area (Å²) in [5, 5.41) is 3.44. The molecule has 0 rings (SSSR count). The molecule has 0 saturated heterocycles. The van der Waals surface area contributed by atoms with E-state index in [4.69, 9.17) is 4.74 Å². The number of ether oxygens (including phenoxy) is 1. The van der Waals surface area contributed by atoms with Gasteiger partial charge in [0.2, 0.25) is 0 Å². The van der Waals surface area contributed by atoms with Crippen molar-refractivity contribution >= 4 is 0 Å². The molecule has 0 aromatic rings. The molecule has 0 aromatic carbocycles. The van der Waals surface area contributed by atoms with Crippen LogP contribution in [0.2, 0.25) is 0 Å². The van der Waals surface area contributed by atoms with Gasteiger partial charge in [-0.25, -0.2) is 0 Å². The normalized spacial score (nSPS) is 16.0. The molecule has 0 aliphatic carbocycles. The average molecular weight is 173 g/mol. The van der Waals surface area contributed by atoms with E-state index in [9.17, 15) is 0 Å². The number of likely N-dealkylation sites (N-methyl/N-ethyl adjacent to an activating group) is 1. The summed E-state index contributed by atoms with van der Waals surface area (Å²) in [6.07, 6.45) is 2.63. The second kappa shape index (κ2) is 7.56. The minimum Gasteiger partial charge on any atom is -0.377 e. The Kier molecular flexibility index (Phi) is 7.51. The number of nitrogens with one attached hydrogen (secondary N) is 1. The highest BCUT2D eigenvalue weighted by molar-refractivity contribution is 4.73. The molecule has 2 atom stereocenters. The monoisotopic (exact) mass is 173 g/mol. The van der Waals surface area contributed by atoms with Crippen molar-refractivity contribution in [1.29, 1.82) is 0 Å². The van der Waals surface area contributed by atoms with Crippen molar-refractivity contribution in [2.75, 3.05) is 13.2 Å². The zero-order valence-corrected chi connectivity index (χ0v) is 8.89. The molecular weight excluding hydrogens is 150 g/mol. The Hall–Kier alpha value is -0.0800. The van der Waals surface area contributed by atoms with Crippen LogP contribution in [-0.4, -0.2) is 25.3 Å². The first kappa shape index (κ1) is 11.9. The van der Waals surface area contributed by atoms with Gasteiger partial charge in [0.1, 0.15) is 0 Å². The van der Waals surface area contributed by atoms with Crippen LogP contribution in [0.1, 0.15) is 40.5 Å². The van der Waals surface area contributed by atoms with Gasteiger partial charge in [-0.15, -0.1) is 0 Å². The topological polar surface area (TPSA) is 21.3 Å². The van der Waals surface area contributed by atoms with Crippen LogP contribution < -0.4 is 5.32 Å². The maximum absolute atomic E-state index is 5.63. The zero-order chi connectivity index (χ0) is 9.40. The van der Waals surface area contributed by atoms with Gasteiger partial charge in [0.25, 0.3) is 0 Å². The van der Waals surface area contributed by atoms with Crippen molar-refractivity contribution in [1.82, 2.24) is 5.32 Å². The van der Waals surface area contributed by atoms with Crippen molar-refractivity contribution in [2.24, 2.45) is 0 Å². The quantitative estimate of drug-likeness (QED) is 0.637. The molecule has 0 spiro atoms. The van der Waals surface area contributed by atoms with E-state index in [1.54, 1.807) is 0 Å². The van der Waals surface area contributed by atoms with Crippen LogP contribution in [0, 0.1) is 0 Å². The highest BCUT2D eigenvalue weighted by atomic mass is 16.5. The van der Waals surface area contributed by atoms with Crippen molar-refractivity contribution in [3.05, 3.63) is 0 Å². The fraction of sp³-hybridized carbons (Fsp3) is 1.00. The Labute approximate surface area is 76.7 Å². The third kappa shape index (κ3) is 4.07. The molecule has 2 unspecified atom stereocenters. The van der Waals surface area contributed by atoms with Crippen LogP contribution in [0.25, 0.3) is 0 Å². The molecule has 1 N–H and O–H groups in total. The van der Waals surface area contributed by atoms with Crippen LogP contribution in [0.15, 0.2) is 0 Å². The summed E-state index contributed by atoms with van der Waals surface area (Å²) in [5.41, 5.74) is 0. The SMILES string of the molecule is CCNC(CC)C(CC)OCC. The van der Waals surface area contributed by atoms with E-state index in [0.717, 1.165) is 26.0 Å². The lowest BCUT2D eigenvalue weighted by Crippen LogP contribution is -2.40. The molecule has 74 valence electrons. The van der Waals surface area contributed by atoms with Gasteiger partial charge in [0.05, 0.1) is 6.10 Å². The van der Waals surface area contributed by atoms with E-state index in [-0.39, 0.29) is 0 Å². The highest BCUT2D eigenvalue weighted by Crippen LogP contribution is 2.07. The Morgan fingerprint density at radius 1 is 1.08 bits per heavy atom. The van der Waals surface area contributed by atoms with Gasteiger partial charge in [0.15, 0.2) is 0 Å². The Morgan fingerprint density at radius 3 is 2.08 bits per heavy atom. The Bertz CT molecular complexity index is 83.8. The first-order chi connectivity index (χ1) is 5.79. The summed E-state index contributed by atoms with van der Waals surface area (Å²) >= 11 is 0. The maximum atomic E-state index is 5.63. The Balaban J connectivity index is 3.84. The minimum absolute atomic E-state index is 0.389. The lowest BCUT2D eigenvalue weighted by molar-refractivity contribution is 0.0313. The molecule has 0 amide bonds. The van der Waals surface area contributed by atoms with E-state index in [1.807, 2.05) is 0 Å². The first-order valence-electron chi connectivity index (χ1n) is 5.14. The van der Waals surface area contributed by atoms with Crippen LogP contribution in [0.3, 0.4) is 0 Å². The standard InChI is InChI=1S/C10H23NO/c1-5-9(11-7-3)10(6-2)12-8-4/h9-11H,5-8H2,1-4H3. The molecule has 0 fully saturated rings. The minimum atomic E-state index is 0.389. The molecule has 0 aliphatic heterocycles. The molecule has 0 radical (unpaired) electrons. The first-order valence-corrected chi connectivity index (χ1v) is 5.14. The maximum Gasteiger partial charge on any atom is 0.0725 e. The van der Waals surface area contributed by atoms with Crippen molar-refractivity contribution in [3.8, 4) is 0 Å². The summed E-state index contributed by atoms with van der Waals surface area (Å²) in [6.45, 7) is 10.4. The second-order valence-corrected chi connectivity index (χ2v) is 2.97. The molecular formula is C10H23NO. The molecule has 12 heavy (non-hydrogen) atoms. The molecule has 0 heterocycles. The van der Waals surface area contributed by atoms with E-state index in [0.29, 0.717) is 12.1 Å². The van der Waals surface area contributed by atoms with Gasteiger partial charge in [-0.3, -0.25) is 0 Å². The third-order valence-electron chi connectivity index (χ3n) is 2.14. The van der Waals surface area contributed by atoms with Gasteiger partial charge < -0.3 is 10.1 Å². The number of rotatable bonds is 7. The van der Waals surface area contributed by atoms with Crippen molar-refractivity contribution < 1.29 is 4.74 Å². The van der Waals surface area contributed by atoms with E-state index < -0.39 is 0 Å². The van der Waals surface area contributed by atoms with Crippen LogP contribution in [0.4, 0.5) is 0 Å². The smallest absolute Gasteiger partial charge is 0.0725 e. The van der Waals surface area contributed by atoms with E-state index >= 15 is 0 Å². The Morgan fingerprint density at radius 2 is 1.75 bits per heavy atom. The molecule has 2 nitrogen and oxygen atoms in total. The highest BCUT2D eigenvalue weighted by Gasteiger charge is 2.16. The fourth-order valence-electron chi connectivity index (χ4n) is 1.53.